The fourth-order valence-electron chi connectivity index (χ4n) is 3.53. The van der Waals surface area contributed by atoms with E-state index < -0.39 is 0 Å². The topological polar surface area (TPSA) is 15.7 Å². The van der Waals surface area contributed by atoms with Gasteiger partial charge in [0, 0.05) is 37.9 Å². The molecule has 22 heavy (non-hydrogen) atoms. The van der Waals surface area contributed by atoms with E-state index >= 15 is 0 Å². The molecule has 0 unspecified atom stereocenters. The molecule has 3 heteroatoms. The Labute approximate surface area is 132 Å². The maximum absolute atomic E-state index is 5.95. The van der Waals surface area contributed by atoms with Crippen molar-refractivity contribution < 1.29 is 4.74 Å². The number of rotatable bonds is 2. The first-order chi connectivity index (χ1) is 10.9. The Balaban J connectivity index is 1.38. The van der Waals surface area contributed by atoms with Gasteiger partial charge in [0.15, 0.2) is 0 Å². The van der Waals surface area contributed by atoms with Gasteiger partial charge in [-0.25, -0.2) is 0 Å². The van der Waals surface area contributed by atoms with E-state index in [0.29, 0.717) is 6.04 Å². The van der Waals surface area contributed by atoms with Crippen LogP contribution in [0.3, 0.4) is 0 Å². The van der Waals surface area contributed by atoms with Gasteiger partial charge in [-0.05, 0) is 30.2 Å². The number of hydrogen-bond donors (Lipinski definition) is 0. The number of fused-ring (bicyclic) bond motifs is 1. The van der Waals surface area contributed by atoms with Gasteiger partial charge in [0.05, 0.1) is 0 Å². The molecule has 2 aliphatic rings. The Kier molecular flexibility index (Phi) is 3.73. The number of benzene rings is 2. The molecule has 114 valence electrons. The van der Waals surface area contributed by atoms with Gasteiger partial charge < -0.3 is 9.64 Å². The Morgan fingerprint density at radius 3 is 2.36 bits per heavy atom. The molecular formula is C19H22N2O. The van der Waals surface area contributed by atoms with Crippen molar-refractivity contribution >= 4 is 5.69 Å². The largest absolute Gasteiger partial charge is 0.492 e. The number of anilines is 1. The summed E-state index contributed by atoms with van der Waals surface area (Å²) in [4.78, 5) is 5.07. The molecular weight excluding hydrogens is 272 g/mol. The average molecular weight is 294 g/mol. The van der Waals surface area contributed by atoms with Crippen LogP contribution in [0.2, 0.25) is 0 Å². The third-order valence-electron chi connectivity index (χ3n) is 4.81. The van der Waals surface area contributed by atoms with Crippen molar-refractivity contribution in [1.82, 2.24) is 4.90 Å². The first-order valence-corrected chi connectivity index (χ1v) is 8.15. The van der Waals surface area contributed by atoms with Gasteiger partial charge in [0.25, 0.3) is 0 Å². The van der Waals surface area contributed by atoms with E-state index in [-0.39, 0.29) is 0 Å². The van der Waals surface area contributed by atoms with Crippen molar-refractivity contribution in [3.63, 3.8) is 0 Å². The lowest BCUT2D eigenvalue weighted by Gasteiger charge is -2.41. The van der Waals surface area contributed by atoms with Crippen LogP contribution in [0.4, 0.5) is 5.69 Å². The minimum absolute atomic E-state index is 0.521. The second kappa shape index (κ2) is 6.01. The fourth-order valence-corrected chi connectivity index (χ4v) is 3.53. The van der Waals surface area contributed by atoms with Crippen molar-refractivity contribution in [3.05, 3.63) is 60.2 Å². The molecule has 3 nitrogen and oxygen atoms in total. The summed E-state index contributed by atoms with van der Waals surface area (Å²) >= 11 is 0. The molecule has 0 aliphatic carbocycles. The van der Waals surface area contributed by atoms with E-state index in [4.69, 9.17) is 4.74 Å². The summed E-state index contributed by atoms with van der Waals surface area (Å²) in [6.45, 7) is 5.25. The summed E-state index contributed by atoms with van der Waals surface area (Å²) in [5.41, 5.74) is 2.69. The molecule has 0 amide bonds. The molecule has 0 aromatic heterocycles. The fraction of sp³-hybridized carbons (Fsp3) is 0.368. The normalized spacial score (nSPS) is 22.0. The van der Waals surface area contributed by atoms with E-state index in [9.17, 15) is 0 Å². The van der Waals surface area contributed by atoms with Crippen molar-refractivity contribution in [3.8, 4) is 5.75 Å². The van der Waals surface area contributed by atoms with Crippen molar-refractivity contribution in [2.75, 3.05) is 37.7 Å². The van der Waals surface area contributed by atoms with E-state index in [1.165, 1.54) is 11.3 Å². The highest BCUT2D eigenvalue weighted by molar-refractivity contribution is 5.46. The Morgan fingerprint density at radius 2 is 1.55 bits per heavy atom. The average Bonchev–Trinajstić information content (AvgIpc) is 2.62. The SMILES string of the molecule is c1ccc(N2CCN([C@@H]3COc4ccccc4C3)CC2)cc1. The molecule has 2 aliphatic heterocycles. The van der Waals surface area contributed by atoms with Gasteiger partial charge >= 0.3 is 0 Å². The van der Waals surface area contributed by atoms with Crippen molar-refractivity contribution in [2.24, 2.45) is 0 Å². The number of ether oxygens (including phenoxy) is 1. The van der Waals surface area contributed by atoms with Gasteiger partial charge in [-0.15, -0.1) is 0 Å². The summed E-state index contributed by atoms with van der Waals surface area (Å²) < 4.78 is 5.95. The molecule has 0 spiro atoms. The Bertz CT molecular complexity index is 620. The van der Waals surface area contributed by atoms with Crippen LogP contribution in [0.5, 0.6) is 5.75 Å². The number of hydrogen-bond acceptors (Lipinski definition) is 3. The van der Waals surface area contributed by atoms with Crippen LogP contribution in [-0.2, 0) is 6.42 Å². The predicted octanol–water partition coefficient (Wildman–Crippen LogP) is 2.81. The summed E-state index contributed by atoms with van der Waals surface area (Å²) in [5.74, 6) is 1.07. The molecule has 4 rings (SSSR count). The number of piperazine rings is 1. The second-order valence-corrected chi connectivity index (χ2v) is 6.14. The van der Waals surface area contributed by atoms with Gasteiger partial charge in [-0.1, -0.05) is 36.4 Å². The molecule has 0 radical (unpaired) electrons. The smallest absolute Gasteiger partial charge is 0.122 e. The molecule has 1 saturated heterocycles. The third-order valence-corrected chi connectivity index (χ3v) is 4.81. The zero-order valence-corrected chi connectivity index (χ0v) is 12.8. The minimum Gasteiger partial charge on any atom is -0.492 e. The van der Waals surface area contributed by atoms with Crippen LogP contribution < -0.4 is 9.64 Å². The maximum atomic E-state index is 5.95. The first kappa shape index (κ1) is 13.6. The quantitative estimate of drug-likeness (QED) is 0.847. The highest BCUT2D eigenvalue weighted by Crippen LogP contribution is 2.27. The van der Waals surface area contributed by atoms with Gasteiger partial charge in [-0.3, -0.25) is 4.90 Å². The molecule has 2 aromatic rings. The lowest BCUT2D eigenvalue weighted by atomic mass is 10.0. The summed E-state index contributed by atoms with van der Waals surface area (Å²) in [6, 6.07) is 19.7. The standard InChI is InChI=1S/C19H22N2O/c1-2-7-17(8-3-1)20-10-12-21(13-11-20)18-14-16-6-4-5-9-19(16)22-15-18/h1-9,18H,10-15H2/t18-/m0/s1. The molecule has 1 fully saturated rings. The third kappa shape index (κ3) is 2.69. The van der Waals surface area contributed by atoms with Crippen LogP contribution >= 0.6 is 0 Å². The van der Waals surface area contributed by atoms with Crippen LogP contribution in [0.1, 0.15) is 5.56 Å². The monoisotopic (exact) mass is 294 g/mol. The van der Waals surface area contributed by atoms with Crippen LogP contribution in [0.15, 0.2) is 54.6 Å². The van der Waals surface area contributed by atoms with E-state index in [2.05, 4.69) is 64.4 Å². The highest BCUT2D eigenvalue weighted by Gasteiger charge is 2.28. The van der Waals surface area contributed by atoms with Gasteiger partial charge in [-0.2, -0.15) is 0 Å². The lowest BCUT2D eigenvalue weighted by Crippen LogP contribution is -2.53. The summed E-state index contributed by atoms with van der Waals surface area (Å²) in [7, 11) is 0. The molecule has 0 N–H and O–H groups in total. The molecule has 0 bridgehead atoms. The lowest BCUT2D eigenvalue weighted by molar-refractivity contribution is 0.113. The minimum atomic E-state index is 0.521. The predicted molar refractivity (Wildman–Crippen MR) is 89.7 cm³/mol. The maximum Gasteiger partial charge on any atom is 0.122 e. The zero-order valence-electron chi connectivity index (χ0n) is 12.8. The Morgan fingerprint density at radius 1 is 0.818 bits per heavy atom. The van der Waals surface area contributed by atoms with Gasteiger partial charge in [0.2, 0.25) is 0 Å². The van der Waals surface area contributed by atoms with Gasteiger partial charge in [0.1, 0.15) is 12.4 Å². The summed E-state index contributed by atoms with van der Waals surface area (Å²) in [5, 5.41) is 0. The molecule has 0 saturated carbocycles. The molecule has 2 aromatic carbocycles. The molecule has 2 heterocycles. The van der Waals surface area contributed by atoms with E-state index in [0.717, 1.165) is 45.0 Å². The molecule has 1 atom stereocenters. The number of para-hydroxylation sites is 2. The Hall–Kier alpha value is -2.00. The van der Waals surface area contributed by atoms with Crippen LogP contribution in [-0.4, -0.2) is 43.7 Å². The highest BCUT2D eigenvalue weighted by atomic mass is 16.5. The van der Waals surface area contributed by atoms with E-state index in [1.54, 1.807) is 0 Å². The second-order valence-electron chi connectivity index (χ2n) is 6.14. The van der Waals surface area contributed by atoms with Crippen LogP contribution in [0, 0.1) is 0 Å². The van der Waals surface area contributed by atoms with E-state index in [1.807, 2.05) is 0 Å². The van der Waals surface area contributed by atoms with Crippen molar-refractivity contribution in [1.29, 1.82) is 0 Å². The number of nitrogens with zero attached hydrogens (tertiary/aromatic N) is 2. The zero-order chi connectivity index (χ0) is 14.8. The first-order valence-electron chi connectivity index (χ1n) is 8.15. The van der Waals surface area contributed by atoms with Crippen molar-refractivity contribution in [2.45, 2.75) is 12.5 Å². The van der Waals surface area contributed by atoms with Crippen LogP contribution in [0.25, 0.3) is 0 Å². The summed E-state index contributed by atoms with van der Waals surface area (Å²) in [6.07, 6.45) is 1.11.